The summed E-state index contributed by atoms with van der Waals surface area (Å²) in [6, 6.07) is 16.8. The van der Waals surface area contributed by atoms with Crippen molar-refractivity contribution in [2.45, 2.75) is 98.3 Å². The zero-order chi connectivity index (χ0) is 68.9. The van der Waals surface area contributed by atoms with Gasteiger partial charge in [-0.1, -0.05) is 24.2 Å². The maximum absolute atomic E-state index is 13.6. The van der Waals surface area contributed by atoms with Gasteiger partial charge in [-0.2, -0.15) is 0 Å². The molecule has 0 unspecified atom stereocenters. The van der Waals surface area contributed by atoms with E-state index >= 15 is 0 Å². The number of fused-ring (bicyclic) bond motifs is 7. The molecule has 6 N–H and O–H groups in total. The number of aryl methyl sites for hydroxylation is 5. The fraction of sp³-hybridized carbons (Fsp3) is 0.414. The third-order valence-corrected chi connectivity index (χ3v) is 18.3. The third kappa shape index (κ3) is 13.3. The first-order valence-electron chi connectivity index (χ1n) is 33.2. The number of methoxy groups -OCH3 is 2. The highest BCUT2D eigenvalue weighted by Gasteiger charge is 2.35. The van der Waals surface area contributed by atoms with Gasteiger partial charge in [0.25, 0.3) is 31.7 Å². The Labute approximate surface area is 561 Å². The van der Waals surface area contributed by atoms with Gasteiger partial charge in [0.2, 0.25) is 5.75 Å². The molecule has 26 nitrogen and oxygen atoms in total. The van der Waals surface area contributed by atoms with Crippen LogP contribution in [0, 0.1) is 45.1 Å². The predicted octanol–water partition coefficient (Wildman–Crippen LogP) is 6.47. The molecule has 9 aromatic rings. The molecule has 4 saturated heterocycles. The van der Waals surface area contributed by atoms with Gasteiger partial charge in [0.15, 0.2) is 28.7 Å². The molecule has 4 aromatic carbocycles. The molecule has 7 aliphatic heterocycles. The molecule has 0 saturated carbocycles. The minimum atomic E-state index is -0.161. The number of carbonyl (C=O) groups is 2. The summed E-state index contributed by atoms with van der Waals surface area (Å²) in [4.78, 5) is 55.5. The molecule has 27 heteroatoms. The van der Waals surface area contributed by atoms with E-state index in [0.29, 0.717) is 142 Å². The number of rotatable bonds is 12. The van der Waals surface area contributed by atoms with Gasteiger partial charge in [-0.25, -0.2) is 15.0 Å². The quantitative estimate of drug-likeness (QED) is 0.0752. The molecule has 0 spiro atoms. The lowest BCUT2D eigenvalue weighted by Crippen LogP contribution is -2.54. The van der Waals surface area contributed by atoms with Crippen LogP contribution in [0.1, 0.15) is 78.6 Å². The average molecular weight is 1330 g/mol. The van der Waals surface area contributed by atoms with E-state index in [2.05, 4.69) is 42.0 Å². The van der Waals surface area contributed by atoms with Crippen molar-refractivity contribution in [3.63, 3.8) is 0 Å². The molecular weight excluding hydrogens is 1240 g/mol. The van der Waals surface area contributed by atoms with Crippen molar-refractivity contribution in [3.8, 4) is 85.0 Å². The van der Waals surface area contributed by atoms with Crippen LogP contribution in [0.4, 0.5) is 5.82 Å². The Morgan fingerprint density at radius 1 is 0.732 bits per heavy atom. The average Bonchev–Trinajstić information content (AvgIpc) is 1.52. The van der Waals surface area contributed by atoms with Crippen LogP contribution in [0.15, 0.2) is 62.6 Å². The lowest BCUT2D eigenvalue weighted by molar-refractivity contribution is -0.385. The van der Waals surface area contributed by atoms with Gasteiger partial charge in [-0.3, -0.25) is 19.4 Å². The zero-order valence-corrected chi connectivity index (χ0v) is 56.0. The molecule has 0 bridgehead atoms. The number of piperidine rings is 2. The van der Waals surface area contributed by atoms with Crippen LogP contribution in [0.2, 0.25) is 0 Å². The van der Waals surface area contributed by atoms with Gasteiger partial charge in [0.05, 0.1) is 97.5 Å². The number of nitrogens with one attached hydrogen (secondary N) is 3. The van der Waals surface area contributed by atoms with Gasteiger partial charge in [-0.05, 0) is 115 Å². The topological polar surface area (TPSA) is 315 Å². The van der Waals surface area contributed by atoms with Gasteiger partial charge >= 0.3 is 0 Å². The van der Waals surface area contributed by atoms with Gasteiger partial charge in [0.1, 0.15) is 71.5 Å². The van der Waals surface area contributed by atoms with Crippen LogP contribution >= 0.6 is 0 Å². The van der Waals surface area contributed by atoms with E-state index in [-0.39, 0.29) is 25.7 Å². The van der Waals surface area contributed by atoms with Crippen LogP contribution in [-0.2, 0) is 14.3 Å². The summed E-state index contributed by atoms with van der Waals surface area (Å²) in [6.07, 6.45) is 4.13. The monoisotopic (exact) mass is 1330 g/mol. The van der Waals surface area contributed by atoms with E-state index in [1.165, 1.54) is 13.1 Å². The Kier molecular flexibility index (Phi) is 20.1. The number of carbonyl (C=O) groups excluding carboxylic acids is 2. The minimum Gasteiger partial charge on any atom is -0.496 e. The van der Waals surface area contributed by atoms with Crippen molar-refractivity contribution in [3.05, 3.63) is 104 Å². The maximum Gasteiger partial charge on any atom is 0.298 e. The Bertz CT molecular complexity index is 4620. The van der Waals surface area contributed by atoms with E-state index in [0.717, 1.165) is 136 Å². The highest BCUT2D eigenvalue weighted by molar-refractivity contribution is 6.14. The van der Waals surface area contributed by atoms with Crippen LogP contribution in [-0.4, -0.2) is 184 Å². The highest BCUT2D eigenvalue weighted by Crippen LogP contribution is 2.49. The number of hydrogen-bond acceptors (Lipinski definition) is 23. The summed E-state index contributed by atoms with van der Waals surface area (Å²) in [5, 5.41) is 22.6. The van der Waals surface area contributed by atoms with Gasteiger partial charge < -0.3 is 72.7 Å². The van der Waals surface area contributed by atoms with Gasteiger partial charge in [0, 0.05) is 72.4 Å². The number of nitrogens with zero attached hydrogens (tertiary/aromatic N) is 8. The third-order valence-electron chi connectivity index (χ3n) is 18.3. The smallest absolute Gasteiger partial charge is 0.298 e. The summed E-state index contributed by atoms with van der Waals surface area (Å²) in [5.41, 5.74) is 15.9. The van der Waals surface area contributed by atoms with Crippen LogP contribution in [0.3, 0.4) is 0 Å². The molecule has 0 atom stereocenters. The Balaban J connectivity index is 0.000000155. The fourth-order valence-electron chi connectivity index (χ4n) is 13.4. The first-order chi connectivity index (χ1) is 47.7. The maximum atomic E-state index is 13.6. The predicted molar refractivity (Wildman–Crippen MR) is 360 cm³/mol. The number of aromatic nitrogens is 7. The first kappa shape index (κ1) is 66.1. The molecule has 5 aromatic heterocycles. The lowest BCUT2D eigenvalue weighted by Gasteiger charge is -2.41. The van der Waals surface area contributed by atoms with E-state index < -0.39 is 0 Å². The summed E-state index contributed by atoms with van der Waals surface area (Å²) < 4.78 is 67.8. The van der Waals surface area contributed by atoms with Crippen molar-refractivity contribution in [2.24, 2.45) is 10.7 Å². The molecule has 97 heavy (non-hydrogen) atoms. The lowest BCUT2D eigenvalue weighted by atomic mass is 9.98. The van der Waals surface area contributed by atoms with Crippen LogP contribution in [0.5, 0.6) is 40.2 Å². The molecular formula is C70H81BN12O14+. The number of nitrogens with two attached hydrogens (primary N) is 1. The Morgan fingerprint density at radius 2 is 1.29 bits per heavy atom. The molecule has 507 valence electrons. The molecule has 0 aliphatic carbocycles. The van der Waals surface area contributed by atoms with Crippen LogP contribution < -0.4 is 60.0 Å². The van der Waals surface area contributed by atoms with Crippen molar-refractivity contribution in [1.29, 1.82) is 1.34 Å². The number of hydrogen-bond donors (Lipinski definition) is 4. The van der Waals surface area contributed by atoms with E-state index in [4.69, 9.17) is 83.7 Å². The second-order valence-corrected chi connectivity index (χ2v) is 24.1. The van der Waals surface area contributed by atoms with Crippen molar-refractivity contribution < 1.29 is 71.3 Å². The fourth-order valence-corrected chi connectivity index (χ4v) is 13.4. The van der Waals surface area contributed by atoms with E-state index in [9.17, 15) is 9.59 Å². The molecule has 1 amide bonds. The van der Waals surface area contributed by atoms with E-state index in [1.807, 2.05) is 84.9 Å². The minimum absolute atomic E-state index is 0.102. The molecule has 4 fully saturated rings. The molecule has 1 radical (unpaired) electrons. The largest absolute Gasteiger partial charge is 0.496 e. The standard InChI is InChI=1S/C34H36N6O6.C26H20N4O6.C8H16N2O.C2H6.BH2O/c1-17-28(18(2)46-39-17)25-13-26-24(14-27(25)42-4)29-30(35-19(3)36-33(29)38-26)22-5-6-23(32-31(22)44-11-12-45-32)34(41)37-20-7-9-40(10-8-20)21-15-43-16-21;1-12-21(13(2)36-30-12)17-9-18-16(10-20(17)32-4)22-23(27-14(3)28-26(22)29-18)15-5-6-19(35-11-31)25-24(15)33-7-8-34-25;9-7-1-3-10(4-2-7)8-5-11-6-8;2*1-2/h5-6,13-14,20-21H,7-12,15-16H2,1-4H3,(H,37,41)(H,35,36,38);5-6,9-11H,3,7-8H2,1-2,4H3;7-8H,1-6,9H2;1-2H3;1-2H/p+1/i;;;;1T. The highest BCUT2D eigenvalue weighted by atomic mass is 16.6. The summed E-state index contributed by atoms with van der Waals surface area (Å²) in [5.74, 6) is 5.77. The summed E-state index contributed by atoms with van der Waals surface area (Å²) >= 11 is 0. The number of H-pyrrole nitrogens is 2. The number of likely N-dealkylation sites (tertiary alicyclic amines) is 2. The SMILES string of the molecule is C=c1nc(-c2ccc(OC=O)c3c2OCCO3)c2c([nH+]1)N=c1cc(-c3c(C)noc3C)c(OC)cc1=2.CC.COc1cc2c(cc1-c1c(C)noc1C)[nH]c1nc(C)nc(-c3ccc(C(=O)NC4CCN(C5COC5)CC4)c4c3OCCO4)c12.NC1CCN(C2COC2)CC1.[3H][B]O. The zero-order valence-electron chi connectivity index (χ0n) is 57.0. The van der Waals surface area contributed by atoms with Gasteiger partial charge in [-0.15, -0.1) is 9.98 Å². The molecule has 12 heterocycles. The first-order valence-corrected chi connectivity index (χ1v) is 32.7. The Morgan fingerprint density at radius 3 is 1.87 bits per heavy atom. The molecule has 7 aliphatic rings. The number of amides is 1. The van der Waals surface area contributed by atoms with Crippen molar-refractivity contribution >= 4 is 54.7 Å². The molecule has 16 rings (SSSR count). The van der Waals surface area contributed by atoms with E-state index in [1.54, 1.807) is 26.4 Å². The normalized spacial score (nSPS) is 16.7. The Hall–Kier alpha value is -9.51. The second kappa shape index (κ2) is 29.5. The summed E-state index contributed by atoms with van der Waals surface area (Å²) in [6.45, 7) is 26.9. The number of ether oxygens (including phenoxy) is 9. The summed E-state index contributed by atoms with van der Waals surface area (Å²) in [7, 11) is 3.52. The number of benzene rings is 4. The van der Waals surface area contributed by atoms with Crippen molar-refractivity contribution in [2.75, 3.05) is 93.3 Å². The van der Waals surface area contributed by atoms with Crippen molar-refractivity contribution in [1.82, 2.24) is 45.4 Å². The number of aromatic amines is 2. The second-order valence-electron chi connectivity index (χ2n) is 24.1. The van der Waals surface area contributed by atoms with Crippen LogP contribution in [0.25, 0.3) is 73.3 Å².